The van der Waals surface area contributed by atoms with Gasteiger partial charge in [0, 0.05) is 25.7 Å². The van der Waals surface area contributed by atoms with E-state index in [9.17, 15) is 13.2 Å². The molecule has 2 rings (SSSR count). The Morgan fingerprint density at radius 3 is 2.95 bits per heavy atom. The second kappa shape index (κ2) is 5.74. The zero-order valence-corrected chi connectivity index (χ0v) is 10.5. The first-order valence-corrected chi connectivity index (χ1v) is 5.98. The summed E-state index contributed by atoms with van der Waals surface area (Å²) in [4.78, 5) is 6.10. The van der Waals surface area contributed by atoms with Crippen LogP contribution in [0.15, 0.2) is 0 Å². The number of anilines is 1. The van der Waals surface area contributed by atoms with Crippen LogP contribution in [0.1, 0.15) is 12.7 Å². The van der Waals surface area contributed by atoms with Gasteiger partial charge in [0.1, 0.15) is 13.2 Å². The lowest BCUT2D eigenvalue weighted by Crippen LogP contribution is -2.49. The van der Waals surface area contributed by atoms with Crippen LogP contribution in [0.3, 0.4) is 0 Å². The van der Waals surface area contributed by atoms with Gasteiger partial charge < -0.3 is 15.0 Å². The summed E-state index contributed by atoms with van der Waals surface area (Å²) in [5.74, 6) is 0.796. The summed E-state index contributed by atoms with van der Waals surface area (Å²) in [5, 5.41) is 9.86. The van der Waals surface area contributed by atoms with Crippen LogP contribution in [0, 0.1) is 0 Å². The fourth-order valence-corrected chi connectivity index (χ4v) is 1.87. The largest absolute Gasteiger partial charge is 0.411 e. The molecule has 19 heavy (non-hydrogen) atoms. The summed E-state index contributed by atoms with van der Waals surface area (Å²) >= 11 is 0. The van der Waals surface area contributed by atoms with Crippen LogP contribution in [0.4, 0.5) is 19.1 Å². The Kier molecular flexibility index (Phi) is 4.25. The van der Waals surface area contributed by atoms with E-state index < -0.39 is 12.8 Å². The van der Waals surface area contributed by atoms with Crippen molar-refractivity contribution in [1.82, 2.24) is 20.5 Å². The fourth-order valence-electron chi connectivity index (χ4n) is 1.87. The van der Waals surface area contributed by atoms with E-state index in [-0.39, 0.29) is 6.61 Å². The van der Waals surface area contributed by atoms with E-state index in [1.165, 1.54) is 0 Å². The van der Waals surface area contributed by atoms with Gasteiger partial charge in [-0.3, -0.25) is 5.10 Å². The average molecular weight is 279 g/mol. The van der Waals surface area contributed by atoms with Crippen LogP contribution in [0.25, 0.3) is 0 Å². The topological polar surface area (TPSA) is 66.1 Å². The van der Waals surface area contributed by atoms with Crippen molar-refractivity contribution >= 4 is 5.95 Å². The Hall–Kier alpha value is -1.35. The highest BCUT2D eigenvalue weighted by molar-refractivity contribution is 5.29. The van der Waals surface area contributed by atoms with Gasteiger partial charge in [-0.25, -0.2) is 0 Å². The number of hydrogen-bond donors (Lipinski definition) is 2. The highest BCUT2D eigenvalue weighted by Crippen LogP contribution is 2.15. The molecule has 108 valence electrons. The predicted molar refractivity (Wildman–Crippen MR) is 61.8 cm³/mol. The minimum Gasteiger partial charge on any atom is -0.364 e. The maximum atomic E-state index is 11.9. The van der Waals surface area contributed by atoms with E-state index in [1.807, 2.05) is 11.8 Å². The number of aromatic nitrogens is 3. The van der Waals surface area contributed by atoms with Gasteiger partial charge in [-0.2, -0.15) is 18.2 Å². The fraction of sp³-hybridized carbons (Fsp3) is 0.800. The molecule has 2 N–H and O–H groups in total. The Balaban J connectivity index is 1.85. The molecule has 1 saturated heterocycles. The molecule has 0 amide bonds. The number of aromatic amines is 1. The first kappa shape index (κ1) is 14.1. The smallest absolute Gasteiger partial charge is 0.364 e. The monoisotopic (exact) mass is 279 g/mol. The van der Waals surface area contributed by atoms with E-state index in [0.29, 0.717) is 17.8 Å². The van der Waals surface area contributed by atoms with Crippen molar-refractivity contribution in [2.45, 2.75) is 25.7 Å². The van der Waals surface area contributed by atoms with Gasteiger partial charge in [0.15, 0.2) is 5.82 Å². The first-order chi connectivity index (χ1) is 8.94. The number of halogens is 3. The molecule has 0 aromatic carbocycles. The molecule has 6 nitrogen and oxygen atoms in total. The molecule has 1 aromatic heterocycles. The normalized spacial score (nSPS) is 20.8. The highest BCUT2D eigenvalue weighted by Gasteiger charge is 2.27. The Morgan fingerprint density at radius 2 is 2.26 bits per heavy atom. The molecule has 0 bridgehead atoms. The van der Waals surface area contributed by atoms with Gasteiger partial charge in [0.05, 0.1) is 0 Å². The Bertz CT molecular complexity index is 408. The van der Waals surface area contributed by atoms with E-state index in [1.54, 1.807) is 0 Å². The van der Waals surface area contributed by atoms with Crippen molar-refractivity contribution in [3.8, 4) is 0 Å². The summed E-state index contributed by atoms with van der Waals surface area (Å²) in [6.45, 7) is 2.90. The molecule has 2 heterocycles. The van der Waals surface area contributed by atoms with Crippen LogP contribution in [-0.2, 0) is 11.3 Å². The van der Waals surface area contributed by atoms with Gasteiger partial charge >= 0.3 is 6.18 Å². The Labute approximate surface area is 108 Å². The van der Waals surface area contributed by atoms with Crippen LogP contribution in [0.5, 0.6) is 0 Å². The molecule has 1 aliphatic rings. The van der Waals surface area contributed by atoms with E-state index in [2.05, 4.69) is 25.2 Å². The third-order valence-electron chi connectivity index (χ3n) is 2.68. The summed E-state index contributed by atoms with van der Waals surface area (Å²) in [6, 6.07) is 0.331. The molecule has 0 unspecified atom stereocenters. The maximum absolute atomic E-state index is 11.9. The van der Waals surface area contributed by atoms with Crippen LogP contribution in [-0.4, -0.2) is 53.6 Å². The van der Waals surface area contributed by atoms with E-state index in [4.69, 9.17) is 0 Å². The SMILES string of the molecule is C[C@@H]1CN(c2n[nH]c(COCC(F)(F)F)n2)CCN1. The second-order valence-corrected chi connectivity index (χ2v) is 4.49. The number of rotatable bonds is 4. The lowest BCUT2D eigenvalue weighted by atomic mass is 10.2. The minimum atomic E-state index is -4.32. The zero-order valence-electron chi connectivity index (χ0n) is 10.5. The van der Waals surface area contributed by atoms with Crippen molar-refractivity contribution in [3.63, 3.8) is 0 Å². The minimum absolute atomic E-state index is 0.228. The average Bonchev–Trinajstić information content (AvgIpc) is 2.76. The third-order valence-corrected chi connectivity index (χ3v) is 2.68. The van der Waals surface area contributed by atoms with Gasteiger partial charge in [-0.15, -0.1) is 5.10 Å². The zero-order chi connectivity index (χ0) is 13.9. The number of ether oxygens (including phenoxy) is 1. The molecule has 1 fully saturated rings. The number of alkyl halides is 3. The third kappa shape index (κ3) is 4.35. The van der Waals surface area contributed by atoms with Crippen molar-refractivity contribution in [2.24, 2.45) is 0 Å². The molecule has 0 spiro atoms. The molecular formula is C10H16F3N5O. The van der Waals surface area contributed by atoms with Crippen LogP contribution >= 0.6 is 0 Å². The molecular weight excluding hydrogens is 263 g/mol. The number of nitrogens with zero attached hydrogens (tertiary/aromatic N) is 3. The van der Waals surface area contributed by atoms with Crippen molar-refractivity contribution in [3.05, 3.63) is 5.82 Å². The number of hydrogen-bond acceptors (Lipinski definition) is 5. The van der Waals surface area contributed by atoms with Crippen LogP contribution < -0.4 is 10.2 Å². The standard InChI is InChI=1S/C10H16F3N5O/c1-7-4-18(3-2-14-7)9-15-8(16-17-9)5-19-6-10(11,12)13/h7,14H,2-6H2,1H3,(H,15,16,17)/t7-/m1/s1. The molecule has 1 aromatic rings. The predicted octanol–water partition coefficient (Wildman–Crippen LogP) is 0.682. The molecule has 9 heteroatoms. The van der Waals surface area contributed by atoms with E-state index in [0.717, 1.165) is 19.6 Å². The summed E-state index contributed by atoms with van der Waals surface area (Å²) in [6.07, 6.45) is -4.32. The summed E-state index contributed by atoms with van der Waals surface area (Å²) in [5.41, 5.74) is 0. The Morgan fingerprint density at radius 1 is 1.47 bits per heavy atom. The molecule has 0 aliphatic carbocycles. The highest BCUT2D eigenvalue weighted by atomic mass is 19.4. The molecule has 1 aliphatic heterocycles. The number of H-pyrrole nitrogens is 1. The number of nitrogens with one attached hydrogen (secondary N) is 2. The van der Waals surface area contributed by atoms with Crippen molar-refractivity contribution in [1.29, 1.82) is 0 Å². The molecule has 1 atom stereocenters. The van der Waals surface area contributed by atoms with Gasteiger partial charge in [0.25, 0.3) is 0 Å². The maximum Gasteiger partial charge on any atom is 0.411 e. The quantitative estimate of drug-likeness (QED) is 0.848. The summed E-state index contributed by atoms with van der Waals surface area (Å²) in [7, 11) is 0. The van der Waals surface area contributed by atoms with E-state index >= 15 is 0 Å². The van der Waals surface area contributed by atoms with Crippen molar-refractivity contribution < 1.29 is 17.9 Å². The van der Waals surface area contributed by atoms with Gasteiger partial charge in [-0.05, 0) is 6.92 Å². The summed E-state index contributed by atoms with van der Waals surface area (Å²) < 4.78 is 40.2. The lowest BCUT2D eigenvalue weighted by Gasteiger charge is -2.30. The van der Waals surface area contributed by atoms with Gasteiger partial charge in [-0.1, -0.05) is 0 Å². The molecule has 0 saturated carbocycles. The number of piperazine rings is 1. The lowest BCUT2D eigenvalue weighted by molar-refractivity contribution is -0.177. The van der Waals surface area contributed by atoms with Crippen LogP contribution in [0.2, 0.25) is 0 Å². The van der Waals surface area contributed by atoms with Gasteiger partial charge in [0.2, 0.25) is 5.95 Å². The first-order valence-electron chi connectivity index (χ1n) is 5.98. The van der Waals surface area contributed by atoms with Crippen molar-refractivity contribution in [2.75, 3.05) is 31.1 Å². The second-order valence-electron chi connectivity index (χ2n) is 4.49. The molecule has 0 radical (unpaired) electrons.